The van der Waals surface area contributed by atoms with Crippen molar-refractivity contribution in [3.63, 3.8) is 0 Å². The average Bonchev–Trinajstić information content (AvgIpc) is 3.25. The molecule has 0 amide bonds. The fourth-order valence-corrected chi connectivity index (χ4v) is 7.31. The van der Waals surface area contributed by atoms with Crippen LogP contribution in [0.4, 0.5) is 11.4 Å². The fourth-order valence-electron chi connectivity index (χ4n) is 6.98. The van der Waals surface area contributed by atoms with Crippen molar-refractivity contribution in [3.8, 4) is 0 Å². The number of nitrogens with zero attached hydrogens (tertiary/aromatic N) is 2. The van der Waals surface area contributed by atoms with Crippen LogP contribution in [-0.2, 0) is 10.8 Å². The molecule has 0 bridgehead atoms. The van der Waals surface area contributed by atoms with E-state index in [1.165, 1.54) is 39.4 Å². The molecule has 2 aromatic rings. The van der Waals surface area contributed by atoms with Gasteiger partial charge in [-0.15, -0.1) is 0 Å². The molecular formula is C34H42ClN2+. The van der Waals surface area contributed by atoms with Crippen molar-refractivity contribution in [1.82, 2.24) is 0 Å². The first-order valence-electron chi connectivity index (χ1n) is 14.1. The number of halogens is 1. The van der Waals surface area contributed by atoms with Crippen LogP contribution in [0, 0.1) is 0 Å². The maximum absolute atomic E-state index is 7.10. The molecule has 1 unspecified atom stereocenters. The Morgan fingerprint density at radius 2 is 1.65 bits per heavy atom. The molecular weight excluding hydrogens is 472 g/mol. The maximum Gasteiger partial charge on any atom is 0.209 e. The standard InChI is InChI=1S/C34H42ClN2/c1-7-36-28-18-11-9-16-26(28)33(3,4)30(36)22-20-24-14-13-15-25(32(24)35)21-23-31-34(5,6)27-17-10-12-19-29(27)37(31)8-2/h9-12,16-22,31H,7-8,13-15,23H2,1-6H3/q+1. The zero-order chi connectivity index (χ0) is 26.4. The Balaban J connectivity index is 1.42. The van der Waals surface area contributed by atoms with Gasteiger partial charge in [0.2, 0.25) is 5.69 Å². The summed E-state index contributed by atoms with van der Waals surface area (Å²) in [7, 11) is 0. The van der Waals surface area contributed by atoms with Crippen molar-refractivity contribution in [1.29, 1.82) is 0 Å². The molecule has 0 N–H and O–H groups in total. The van der Waals surface area contributed by atoms with Gasteiger partial charge in [-0.1, -0.05) is 74.0 Å². The number of likely N-dealkylation sites (N-methyl/N-ethyl adjacent to an activating group) is 1. The van der Waals surface area contributed by atoms with Crippen molar-refractivity contribution in [2.45, 2.75) is 84.1 Å². The van der Waals surface area contributed by atoms with Crippen molar-refractivity contribution < 1.29 is 4.58 Å². The lowest BCUT2D eigenvalue weighted by atomic mass is 9.78. The van der Waals surface area contributed by atoms with Gasteiger partial charge in [0.05, 0.1) is 5.41 Å². The lowest BCUT2D eigenvalue weighted by molar-refractivity contribution is -0.433. The van der Waals surface area contributed by atoms with Gasteiger partial charge < -0.3 is 4.90 Å². The molecule has 3 aliphatic rings. The van der Waals surface area contributed by atoms with Gasteiger partial charge in [-0.25, -0.2) is 0 Å². The number of anilines is 1. The van der Waals surface area contributed by atoms with E-state index >= 15 is 0 Å². The zero-order valence-electron chi connectivity index (χ0n) is 23.4. The van der Waals surface area contributed by atoms with E-state index in [0.717, 1.165) is 43.8 Å². The van der Waals surface area contributed by atoms with Crippen LogP contribution in [0.2, 0.25) is 0 Å². The smallest absolute Gasteiger partial charge is 0.209 e. The minimum Gasteiger partial charge on any atom is -0.367 e. The SMILES string of the molecule is CCN1c2ccccc2C(C)(C)C1CC=C1CCCC(C=CC2=[N+](CC)c3ccccc3C2(C)C)=C1Cl. The summed E-state index contributed by atoms with van der Waals surface area (Å²) in [5.41, 5.74) is 9.64. The van der Waals surface area contributed by atoms with E-state index in [1.54, 1.807) is 0 Å². The molecule has 0 radical (unpaired) electrons. The third-order valence-electron chi connectivity index (χ3n) is 9.06. The van der Waals surface area contributed by atoms with E-state index in [2.05, 4.69) is 118 Å². The molecule has 2 heterocycles. The highest BCUT2D eigenvalue weighted by Gasteiger charge is 2.44. The minimum absolute atomic E-state index is 0.0177. The molecule has 0 saturated carbocycles. The number of para-hydroxylation sites is 2. The molecule has 0 aromatic heterocycles. The summed E-state index contributed by atoms with van der Waals surface area (Å²) >= 11 is 7.10. The summed E-state index contributed by atoms with van der Waals surface area (Å²) in [6.45, 7) is 16.0. The van der Waals surface area contributed by atoms with Crippen LogP contribution >= 0.6 is 11.6 Å². The van der Waals surface area contributed by atoms with Gasteiger partial charge in [0, 0.05) is 46.4 Å². The number of rotatable bonds is 6. The Morgan fingerprint density at radius 3 is 2.38 bits per heavy atom. The number of hydrogen-bond acceptors (Lipinski definition) is 1. The lowest BCUT2D eigenvalue weighted by Gasteiger charge is -2.33. The van der Waals surface area contributed by atoms with Gasteiger partial charge in [-0.3, -0.25) is 0 Å². The Morgan fingerprint density at radius 1 is 0.946 bits per heavy atom. The summed E-state index contributed by atoms with van der Waals surface area (Å²) in [5, 5.41) is 0.968. The van der Waals surface area contributed by atoms with Gasteiger partial charge in [-0.05, 0) is 76.2 Å². The van der Waals surface area contributed by atoms with Crippen LogP contribution < -0.4 is 4.90 Å². The van der Waals surface area contributed by atoms with Crippen molar-refractivity contribution in [3.05, 3.63) is 94.1 Å². The predicted molar refractivity (Wildman–Crippen MR) is 160 cm³/mol. The first-order chi connectivity index (χ1) is 17.7. The van der Waals surface area contributed by atoms with Gasteiger partial charge in [0.25, 0.3) is 0 Å². The van der Waals surface area contributed by atoms with Crippen LogP contribution in [-0.4, -0.2) is 29.4 Å². The predicted octanol–water partition coefficient (Wildman–Crippen LogP) is 8.82. The Kier molecular flexibility index (Phi) is 7.00. The Bertz CT molecular complexity index is 1320. The van der Waals surface area contributed by atoms with Crippen LogP contribution in [0.1, 0.15) is 78.4 Å². The van der Waals surface area contributed by atoms with Crippen LogP contribution in [0.15, 0.2) is 82.9 Å². The van der Waals surface area contributed by atoms with Crippen molar-refractivity contribution in [2.75, 3.05) is 18.0 Å². The van der Waals surface area contributed by atoms with E-state index in [1.807, 2.05) is 0 Å². The van der Waals surface area contributed by atoms with Gasteiger partial charge in [-0.2, -0.15) is 4.58 Å². The number of fused-ring (bicyclic) bond motifs is 2. The third kappa shape index (κ3) is 4.32. The highest BCUT2D eigenvalue weighted by Crippen LogP contribution is 2.47. The highest BCUT2D eigenvalue weighted by atomic mass is 35.5. The molecule has 2 aliphatic heterocycles. The largest absolute Gasteiger partial charge is 0.367 e. The van der Waals surface area contributed by atoms with Crippen molar-refractivity contribution in [2.24, 2.45) is 0 Å². The van der Waals surface area contributed by atoms with E-state index in [-0.39, 0.29) is 10.8 Å². The van der Waals surface area contributed by atoms with E-state index < -0.39 is 0 Å². The third-order valence-corrected chi connectivity index (χ3v) is 9.54. The number of hydrogen-bond donors (Lipinski definition) is 0. The summed E-state index contributed by atoms with van der Waals surface area (Å²) < 4.78 is 2.46. The van der Waals surface area contributed by atoms with E-state index in [4.69, 9.17) is 11.6 Å². The topological polar surface area (TPSA) is 6.25 Å². The molecule has 5 rings (SSSR count). The molecule has 0 fully saturated rings. The van der Waals surface area contributed by atoms with E-state index in [0.29, 0.717) is 6.04 Å². The van der Waals surface area contributed by atoms with Gasteiger partial charge in [0.1, 0.15) is 6.54 Å². The van der Waals surface area contributed by atoms with Crippen molar-refractivity contribution >= 4 is 28.7 Å². The van der Waals surface area contributed by atoms with Crippen LogP contribution in [0.25, 0.3) is 0 Å². The molecule has 194 valence electrons. The average molecular weight is 514 g/mol. The Hall–Kier alpha value is -2.58. The number of benzene rings is 2. The number of allylic oxidation sites excluding steroid dienone is 5. The second-order valence-corrected chi connectivity index (χ2v) is 12.2. The second kappa shape index (κ2) is 9.95. The van der Waals surface area contributed by atoms with Crippen LogP contribution in [0.3, 0.4) is 0 Å². The summed E-state index contributed by atoms with van der Waals surface area (Å²) in [5.74, 6) is 0. The van der Waals surface area contributed by atoms with E-state index in [9.17, 15) is 0 Å². The molecule has 37 heavy (non-hydrogen) atoms. The van der Waals surface area contributed by atoms with Crippen LogP contribution in [0.5, 0.6) is 0 Å². The summed E-state index contributed by atoms with van der Waals surface area (Å²) in [6.07, 6.45) is 11.4. The zero-order valence-corrected chi connectivity index (χ0v) is 24.2. The second-order valence-electron chi connectivity index (χ2n) is 11.8. The lowest BCUT2D eigenvalue weighted by Crippen LogP contribution is -2.41. The summed E-state index contributed by atoms with van der Waals surface area (Å²) in [6, 6.07) is 18.2. The molecule has 2 nitrogen and oxygen atoms in total. The minimum atomic E-state index is -0.0177. The monoisotopic (exact) mass is 513 g/mol. The molecule has 0 saturated heterocycles. The first-order valence-corrected chi connectivity index (χ1v) is 14.5. The highest BCUT2D eigenvalue weighted by molar-refractivity contribution is 6.32. The molecule has 1 atom stereocenters. The first kappa shape index (κ1) is 26.0. The summed E-state index contributed by atoms with van der Waals surface area (Å²) in [4.78, 5) is 2.59. The molecule has 1 aliphatic carbocycles. The normalized spacial score (nSPS) is 23.4. The fraction of sp³-hybridized carbons (Fsp3) is 0.441. The molecule has 2 aromatic carbocycles. The Labute approximate surface area is 229 Å². The molecule has 0 spiro atoms. The molecule has 3 heteroatoms. The quantitative estimate of drug-likeness (QED) is 0.349. The van der Waals surface area contributed by atoms with Gasteiger partial charge >= 0.3 is 0 Å². The maximum atomic E-state index is 7.10. The van der Waals surface area contributed by atoms with Gasteiger partial charge in [0.15, 0.2) is 5.71 Å².